The highest BCUT2D eigenvalue weighted by Crippen LogP contribution is 2.42. The first kappa shape index (κ1) is 33.6. The van der Waals surface area contributed by atoms with Crippen molar-refractivity contribution in [3.05, 3.63) is 70.2 Å². The molecule has 2 aromatic carbocycles. The standard InChI is InChI=1S/C35H37Cl2N7O4/c1-47-34-26(11-3-6-21-12-13-30(45)42-21)39-18-27(43-34)24-9-4-7-22(32(24)36)23-8-5-10-25(33(23)37)28-19-40-29(35(44-28)48-2)17-38-15-20-14-31(46)41-16-20/h4-5,7-10,18-21,38H,3,6,11-17H2,1-2H3,(H,41,46)(H,42,45)/t20?,21-/m0/s1. The zero-order valence-electron chi connectivity index (χ0n) is 26.8. The van der Waals surface area contributed by atoms with Gasteiger partial charge in [-0.1, -0.05) is 59.6 Å². The highest BCUT2D eigenvalue weighted by Gasteiger charge is 2.23. The highest BCUT2D eigenvalue weighted by molar-refractivity contribution is 6.39. The van der Waals surface area contributed by atoms with Crippen molar-refractivity contribution < 1.29 is 19.1 Å². The van der Waals surface area contributed by atoms with Gasteiger partial charge in [-0.05, 0) is 31.6 Å². The van der Waals surface area contributed by atoms with Crippen molar-refractivity contribution in [2.24, 2.45) is 5.92 Å². The molecule has 0 spiro atoms. The number of ether oxygens (including phenoxy) is 2. The summed E-state index contributed by atoms with van der Waals surface area (Å²) >= 11 is 14.1. The van der Waals surface area contributed by atoms with E-state index in [4.69, 9.17) is 42.6 Å². The van der Waals surface area contributed by atoms with Crippen molar-refractivity contribution in [3.63, 3.8) is 0 Å². The Morgan fingerprint density at radius 3 is 2.02 bits per heavy atom. The van der Waals surface area contributed by atoms with E-state index in [1.54, 1.807) is 26.6 Å². The lowest BCUT2D eigenvalue weighted by Gasteiger charge is -2.15. The number of nitrogens with one attached hydrogen (secondary N) is 3. The quantitative estimate of drug-likeness (QED) is 0.168. The monoisotopic (exact) mass is 689 g/mol. The molecule has 6 rings (SSSR count). The number of halogens is 2. The molecule has 4 heterocycles. The SMILES string of the molecule is COc1nc(-c2cccc(-c3cccc(-c4cnc(CNCC5CNC(=O)C5)c(OC)n4)c3Cl)c2Cl)cnc1CCC[C@H]1CCC(=O)N1. The summed E-state index contributed by atoms with van der Waals surface area (Å²) in [4.78, 5) is 41.8. The maximum Gasteiger partial charge on any atom is 0.237 e. The van der Waals surface area contributed by atoms with Crippen LogP contribution in [0.2, 0.25) is 10.0 Å². The van der Waals surface area contributed by atoms with Gasteiger partial charge in [0, 0.05) is 60.8 Å². The molecule has 48 heavy (non-hydrogen) atoms. The van der Waals surface area contributed by atoms with Crippen LogP contribution in [0.5, 0.6) is 11.8 Å². The predicted molar refractivity (Wildman–Crippen MR) is 184 cm³/mol. The van der Waals surface area contributed by atoms with Crippen LogP contribution in [0.1, 0.15) is 43.5 Å². The third kappa shape index (κ3) is 7.53. The molecule has 0 radical (unpaired) electrons. The van der Waals surface area contributed by atoms with E-state index >= 15 is 0 Å². The predicted octanol–water partition coefficient (Wildman–Crippen LogP) is 5.42. The van der Waals surface area contributed by atoms with Crippen LogP contribution in [0.25, 0.3) is 33.6 Å². The average Bonchev–Trinajstić information content (AvgIpc) is 3.72. The Balaban J connectivity index is 1.20. The number of carbonyl (C=O) groups excluding carboxylic acids is 2. The number of nitrogens with zero attached hydrogens (tertiary/aromatic N) is 4. The van der Waals surface area contributed by atoms with Gasteiger partial charge in [-0.25, -0.2) is 9.97 Å². The number of carbonyl (C=O) groups is 2. The van der Waals surface area contributed by atoms with E-state index in [1.165, 1.54) is 0 Å². The normalized spacial score (nSPS) is 17.3. The number of benzene rings is 2. The highest BCUT2D eigenvalue weighted by atomic mass is 35.5. The first-order valence-electron chi connectivity index (χ1n) is 16.0. The van der Waals surface area contributed by atoms with E-state index in [0.29, 0.717) is 88.9 Å². The molecule has 2 saturated heterocycles. The van der Waals surface area contributed by atoms with E-state index in [1.807, 2.05) is 36.4 Å². The molecule has 2 aliphatic rings. The summed E-state index contributed by atoms with van der Waals surface area (Å²) in [5.41, 5.74) is 5.38. The molecule has 2 aliphatic heterocycles. The summed E-state index contributed by atoms with van der Waals surface area (Å²) in [5.74, 6) is 1.29. The Kier molecular flexibility index (Phi) is 10.7. The minimum absolute atomic E-state index is 0.0819. The number of rotatable bonds is 13. The van der Waals surface area contributed by atoms with Gasteiger partial charge in [-0.15, -0.1) is 0 Å². The summed E-state index contributed by atoms with van der Waals surface area (Å²) in [7, 11) is 3.14. The van der Waals surface area contributed by atoms with Crippen molar-refractivity contribution in [2.45, 2.75) is 51.1 Å². The fraction of sp³-hybridized carbons (Fsp3) is 0.371. The summed E-state index contributed by atoms with van der Waals surface area (Å²) in [5, 5.41) is 10.2. The minimum Gasteiger partial charge on any atom is -0.480 e. The molecule has 11 nitrogen and oxygen atoms in total. The number of aryl methyl sites for hydroxylation is 1. The summed E-state index contributed by atoms with van der Waals surface area (Å²) in [6.07, 6.45) is 7.80. The van der Waals surface area contributed by atoms with Crippen LogP contribution in [0.15, 0.2) is 48.8 Å². The molecule has 0 saturated carbocycles. The molecule has 0 bridgehead atoms. The van der Waals surface area contributed by atoms with Gasteiger partial charge in [0.05, 0.1) is 48.0 Å². The lowest BCUT2D eigenvalue weighted by Crippen LogP contribution is -2.25. The van der Waals surface area contributed by atoms with Gasteiger partial charge >= 0.3 is 0 Å². The van der Waals surface area contributed by atoms with Gasteiger partial charge in [0.15, 0.2) is 0 Å². The number of hydrogen-bond donors (Lipinski definition) is 3. The number of amides is 2. The number of methoxy groups -OCH3 is 2. The summed E-state index contributed by atoms with van der Waals surface area (Å²) in [6.45, 7) is 1.81. The van der Waals surface area contributed by atoms with Crippen LogP contribution in [0.3, 0.4) is 0 Å². The molecule has 2 fully saturated rings. The van der Waals surface area contributed by atoms with Gasteiger partial charge in [-0.3, -0.25) is 19.6 Å². The zero-order chi connectivity index (χ0) is 33.6. The first-order chi connectivity index (χ1) is 23.3. The maximum atomic E-state index is 11.5. The molecule has 3 N–H and O–H groups in total. The van der Waals surface area contributed by atoms with E-state index in [2.05, 4.69) is 25.9 Å². The molecule has 0 aliphatic carbocycles. The second kappa shape index (κ2) is 15.3. The lowest BCUT2D eigenvalue weighted by atomic mass is 9.98. The third-order valence-electron chi connectivity index (χ3n) is 8.69. The molecular formula is C35H37Cl2N7O4. The first-order valence-corrected chi connectivity index (χ1v) is 16.7. The number of hydrogen-bond acceptors (Lipinski definition) is 9. The maximum absolute atomic E-state index is 11.5. The zero-order valence-corrected chi connectivity index (χ0v) is 28.3. The van der Waals surface area contributed by atoms with E-state index in [0.717, 1.165) is 36.1 Å². The second-order valence-corrected chi connectivity index (χ2v) is 12.7. The Bertz CT molecular complexity index is 1690. The van der Waals surface area contributed by atoms with Crippen LogP contribution in [-0.4, -0.2) is 65.1 Å². The average molecular weight is 691 g/mol. The molecule has 2 aromatic heterocycles. The van der Waals surface area contributed by atoms with Gasteiger partial charge in [0.1, 0.15) is 11.4 Å². The van der Waals surface area contributed by atoms with Crippen molar-refractivity contribution in [2.75, 3.05) is 27.3 Å². The Hall–Kier alpha value is -4.32. The Labute approximate surface area is 289 Å². The van der Waals surface area contributed by atoms with E-state index in [9.17, 15) is 9.59 Å². The minimum atomic E-state index is 0.0819. The largest absolute Gasteiger partial charge is 0.480 e. The van der Waals surface area contributed by atoms with Crippen molar-refractivity contribution in [1.82, 2.24) is 35.9 Å². The van der Waals surface area contributed by atoms with Crippen LogP contribution >= 0.6 is 23.2 Å². The fourth-order valence-electron chi connectivity index (χ4n) is 6.16. The Morgan fingerprint density at radius 2 is 1.46 bits per heavy atom. The van der Waals surface area contributed by atoms with Crippen molar-refractivity contribution >= 4 is 35.0 Å². The molecule has 1 unspecified atom stereocenters. The van der Waals surface area contributed by atoms with Crippen LogP contribution in [-0.2, 0) is 22.6 Å². The molecule has 2 amide bonds. The second-order valence-electron chi connectivity index (χ2n) is 12.0. The van der Waals surface area contributed by atoms with Crippen molar-refractivity contribution in [1.29, 1.82) is 0 Å². The van der Waals surface area contributed by atoms with Crippen LogP contribution in [0, 0.1) is 5.92 Å². The lowest BCUT2D eigenvalue weighted by molar-refractivity contribution is -0.120. The van der Waals surface area contributed by atoms with E-state index < -0.39 is 0 Å². The van der Waals surface area contributed by atoms with Gasteiger partial charge in [0.2, 0.25) is 23.6 Å². The van der Waals surface area contributed by atoms with Crippen molar-refractivity contribution in [3.8, 4) is 45.4 Å². The number of aromatic nitrogens is 4. The van der Waals surface area contributed by atoms with Crippen LogP contribution < -0.4 is 25.4 Å². The topological polar surface area (TPSA) is 140 Å². The summed E-state index contributed by atoms with van der Waals surface area (Å²) < 4.78 is 11.2. The van der Waals surface area contributed by atoms with E-state index in [-0.39, 0.29) is 23.8 Å². The molecule has 250 valence electrons. The van der Waals surface area contributed by atoms with Crippen LogP contribution in [0.4, 0.5) is 0 Å². The third-order valence-corrected chi connectivity index (χ3v) is 9.50. The molecule has 2 atom stereocenters. The Morgan fingerprint density at radius 1 is 0.854 bits per heavy atom. The summed E-state index contributed by atoms with van der Waals surface area (Å²) in [6, 6.07) is 11.6. The smallest absolute Gasteiger partial charge is 0.237 e. The van der Waals surface area contributed by atoms with Gasteiger partial charge < -0.3 is 25.4 Å². The van der Waals surface area contributed by atoms with Gasteiger partial charge in [0.25, 0.3) is 0 Å². The fourth-order valence-corrected chi connectivity index (χ4v) is 6.81. The molecular weight excluding hydrogens is 653 g/mol. The molecule has 13 heteroatoms. The molecule has 4 aromatic rings. The van der Waals surface area contributed by atoms with Gasteiger partial charge in [-0.2, -0.15) is 0 Å².